The number of aryl methyl sites for hydroxylation is 1. The lowest BCUT2D eigenvalue weighted by Crippen LogP contribution is -2.28. The van der Waals surface area contributed by atoms with Crippen LogP contribution in [0, 0.1) is 6.92 Å². The highest BCUT2D eigenvalue weighted by Crippen LogP contribution is 2.24. The van der Waals surface area contributed by atoms with E-state index >= 15 is 0 Å². The van der Waals surface area contributed by atoms with E-state index in [1.165, 1.54) is 11.8 Å². The van der Waals surface area contributed by atoms with Gasteiger partial charge in [-0.1, -0.05) is 12.1 Å². The second-order valence-corrected chi connectivity index (χ2v) is 6.05. The normalized spacial score (nSPS) is 11.2. The molecule has 0 aliphatic rings. The van der Waals surface area contributed by atoms with Crippen LogP contribution in [0.5, 0.6) is 5.75 Å². The van der Waals surface area contributed by atoms with Gasteiger partial charge in [-0.25, -0.2) is 0 Å². The molecule has 0 saturated heterocycles. The van der Waals surface area contributed by atoms with Crippen molar-refractivity contribution in [2.45, 2.75) is 25.5 Å². The molecule has 0 amide bonds. The fourth-order valence-corrected chi connectivity index (χ4v) is 2.02. The third-order valence-corrected chi connectivity index (χ3v) is 3.59. The molecule has 1 rings (SSSR count). The summed E-state index contributed by atoms with van der Waals surface area (Å²) < 4.78 is 4.79. The quantitative estimate of drug-likeness (QED) is 0.793. The Morgan fingerprint density at radius 1 is 1.47 bits per heavy atom. The zero-order valence-corrected chi connectivity index (χ0v) is 11.2. The molecule has 3 nitrogen and oxygen atoms in total. The molecule has 0 radical (unpaired) electrons. The lowest BCUT2D eigenvalue weighted by molar-refractivity contribution is -0.138. The topological polar surface area (TPSA) is 46.5 Å². The molecular formula is C13H18O3S. The van der Waals surface area contributed by atoms with Crippen LogP contribution in [-0.4, -0.2) is 28.2 Å². The summed E-state index contributed by atoms with van der Waals surface area (Å²) in [4.78, 5) is 10.9. The predicted octanol–water partition coefficient (Wildman–Crippen LogP) is 2.97. The van der Waals surface area contributed by atoms with Gasteiger partial charge in [-0.2, -0.15) is 0 Å². The molecule has 0 unspecified atom stereocenters. The Labute approximate surface area is 106 Å². The molecule has 0 bridgehead atoms. The van der Waals surface area contributed by atoms with Crippen LogP contribution >= 0.6 is 11.8 Å². The maximum absolute atomic E-state index is 10.9. The molecule has 0 atom stereocenters. The molecule has 0 aliphatic heterocycles. The SMILES string of the molecule is Cc1cccc(OCCSC(C)(C)C(=O)O)c1. The zero-order valence-electron chi connectivity index (χ0n) is 10.4. The molecule has 0 heterocycles. The molecule has 0 saturated carbocycles. The molecule has 0 fully saturated rings. The van der Waals surface area contributed by atoms with Gasteiger partial charge in [-0.15, -0.1) is 11.8 Å². The summed E-state index contributed by atoms with van der Waals surface area (Å²) >= 11 is 1.39. The Bertz CT molecular complexity index is 388. The molecule has 4 heteroatoms. The van der Waals surface area contributed by atoms with Crippen molar-refractivity contribution in [3.8, 4) is 5.75 Å². The smallest absolute Gasteiger partial charge is 0.319 e. The predicted molar refractivity (Wildman–Crippen MR) is 70.8 cm³/mol. The Balaban J connectivity index is 2.32. The van der Waals surface area contributed by atoms with Crippen LogP contribution in [0.1, 0.15) is 19.4 Å². The van der Waals surface area contributed by atoms with Gasteiger partial charge in [0, 0.05) is 5.75 Å². The van der Waals surface area contributed by atoms with Crippen molar-refractivity contribution in [1.29, 1.82) is 0 Å². The number of carboxylic acids is 1. The van der Waals surface area contributed by atoms with Gasteiger partial charge in [0.2, 0.25) is 0 Å². The van der Waals surface area contributed by atoms with Crippen molar-refractivity contribution in [3.05, 3.63) is 29.8 Å². The first-order valence-electron chi connectivity index (χ1n) is 5.48. The van der Waals surface area contributed by atoms with Crippen LogP contribution in [0.2, 0.25) is 0 Å². The van der Waals surface area contributed by atoms with E-state index in [1.807, 2.05) is 31.2 Å². The van der Waals surface area contributed by atoms with E-state index in [-0.39, 0.29) is 0 Å². The molecule has 0 aliphatic carbocycles. The fourth-order valence-electron chi connectivity index (χ4n) is 1.22. The molecule has 1 N–H and O–H groups in total. The average Bonchev–Trinajstić information content (AvgIpc) is 2.24. The van der Waals surface area contributed by atoms with Gasteiger partial charge < -0.3 is 9.84 Å². The summed E-state index contributed by atoms with van der Waals surface area (Å²) in [5.41, 5.74) is 1.15. The molecule has 0 aromatic heterocycles. The van der Waals surface area contributed by atoms with E-state index in [1.54, 1.807) is 13.8 Å². The lowest BCUT2D eigenvalue weighted by atomic mass is 10.2. The molecule has 17 heavy (non-hydrogen) atoms. The van der Waals surface area contributed by atoms with Crippen molar-refractivity contribution < 1.29 is 14.6 Å². The summed E-state index contributed by atoms with van der Waals surface area (Å²) in [6.07, 6.45) is 0. The number of aliphatic carboxylic acids is 1. The van der Waals surface area contributed by atoms with Gasteiger partial charge in [0.15, 0.2) is 0 Å². The van der Waals surface area contributed by atoms with E-state index in [2.05, 4.69) is 0 Å². The first-order valence-corrected chi connectivity index (χ1v) is 6.47. The van der Waals surface area contributed by atoms with E-state index in [9.17, 15) is 4.79 Å². The van der Waals surface area contributed by atoms with Gasteiger partial charge in [0.25, 0.3) is 0 Å². The largest absolute Gasteiger partial charge is 0.493 e. The number of hydrogen-bond acceptors (Lipinski definition) is 3. The second kappa shape index (κ2) is 5.96. The maximum atomic E-state index is 10.9. The third kappa shape index (κ3) is 4.69. The minimum atomic E-state index is -0.793. The number of hydrogen-bond donors (Lipinski definition) is 1. The van der Waals surface area contributed by atoms with Crippen molar-refractivity contribution in [1.82, 2.24) is 0 Å². The van der Waals surface area contributed by atoms with E-state index in [4.69, 9.17) is 9.84 Å². The number of carboxylic acid groups (broad SMARTS) is 1. The number of carbonyl (C=O) groups is 1. The van der Waals surface area contributed by atoms with Crippen molar-refractivity contribution >= 4 is 17.7 Å². The number of benzene rings is 1. The van der Waals surface area contributed by atoms with E-state index < -0.39 is 10.7 Å². The van der Waals surface area contributed by atoms with Crippen LogP contribution in [0.3, 0.4) is 0 Å². The van der Waals surface area contributed by atoms with Crippen molar-refractivity contribution in [2.75, 3.05) is 12.4 Å². The molecule has 1 aromatic rings. The van der Waals surface area contributed by atoms with Gasteiger partial charge >= 0.3 is 5.97 Å². The monoisotopic (exact) mass is 254 g/mol. The third-order valence-electron chi connectivity index (χ3n) is 2.32. The van der Waals surface area contributed by atoms with E-state index in [0.29, 0.717) is 12.4 Å². The summed E-state index contributed by atoms with van der Waals surface area (Å²) in [7, 11) is 0. The van der Waals surface area contributed by atoms with Crippen molar-refractivity contribution in [3.63, 3.8) is 0 Å². The highest BCUT2D eigenvalue weighted by atomic mass is 32.2. The van der Waals surface area contributed by atoms with Gasteiger partial charge in [0.05, 0.1) is 6.61 Å². The van der Waals surface area contributed by atoms with Crippen LogP contribution in [0.25, 0.3) is 0 Å². The van der Waals surface area contributed by atoms with Gasteiger partial charge in [-0.05, 0) is 38.5 Å². The highest BCUT2D eigenvalue weighted by Gasteiger charge is 2.27. The zero-order chi connectivity index (χ0) is 12.9. The summed E-state index contributed by atoms with van der Waals surface area (Å²) in [5.74, 6) is 0.699. The lowest BCUT2D eigenvalue weighted by Gasteiger charge is -2.18. The van der Waals surface area contributed by atoms with Gasteiger partial charge in [-0.3, -0.25) is 4.79 Å². The van der Waals surface area contributed by atoms with Gasteiger partial charge in [0.1, 0.15) is 10.5 Å². The second-order valence-electron chi connectivity index (χ2n) is 4.33. The Morgan fingerprint density at radius 2 is 2.18 bits per heavy atom. The number of ether oxygens (including phenoxy) is 1. The molecule has 1 aromatic carbocycles. The minimum Gasteiger partial charge on any atom is -0.493 e. The summed E-state index contributed by atoms with van der Waals surface area (Å²) in [6.45, 7) is 5.93. The number of rotatable bonds is 6. The van der Waals surface area contributed by atoms with Crippen LogP contribution in [0.15, 0.2) is 24.3 Å². The van der Waals surface area contributed by atoms with Crippen LogP contribution in [0.4, 0.5) is 0 Å². The summed E-state index contributed by atoms with van der Waals surface area (Å²) in [6, 6.07) is 7.82. The van der Waals surface area contributed by atoms with Crippen LogP contribution < -0.4 is 4.74 Å². The maximum Gasteiger partial charge on any atom is 0.319 e. The Kier molecular flexibility index (Phi) is 4.87. The Morgan fingerprint density at radius 3 is 2.76 bits per heavy atom. The first-order chi connectivity index (χ1) is 7.92. The fraction of sp³-hybridized carbons (Fsp3) is 0.462. The van der Waals surface area contributed by atoms with Crippen LogP contribution in [-0.2, 0) is 4.79 Å². The van der Waals surface area contributed by atoms with E-state index in [0.717, 1.165) is 11.3 Å². The first kappa shape index (κ1) is 13.9. The molecule has 94 valence electrons. The molecular weight excluding hydrogens is 236 g/mol. The average molecular weight is 254 g/mol. The highest BCUT2D eigenvalue weighted by molar-refractivity contribution is 8.01. The Hall–Kier alpha value is -1.16. The molecule has 0 spiro atoms. The number of thioether (sulfide) groups is 1. The standard InChI is InChI=1S/C13H18O3S/c1-10-5-4-6-11(9-10)16-7-8-17-13(2,3)12(14)15/h4-6,9H,7-8H2,1-3H3,(H,14,15). The summed E-state index contributed by atoms with van der Waals surface area (Å²) in [5, 5.41) is 8.93. The van der Waals surface area contributed by atoms with Crippen molar-refractivity contribution in [2.24, 2.45) is 0 Å². The minimum absolute atomic E-state index is 0.519.